The van der Waals surface area contributed by atoms with E-state index in [1.54, 1.807) is 38.8 Å². The molecule has 3 fully saturated rings. The highest BCUT2D eigenvalue weighted by molar-refractivity contribution is 6.00. The molecule has 0 saturated heterocycles. The molecule has 0 spiro atoms. The van der Waals surface area contributed by atoms with Gasteiger partial charge in [0, 0.05) is 50.9 Å². The fraction of sp³-hybridized carbons (Fsp3) is 0.348. The van der Waals surface area contributed by atoms with Crippen molar-refractivity contribution in [3.8, 4) is 11.1 Å². The third-order valence-electron chi connectivity index (χ3n) is 6.28. The zero-order valence-electron chi connectivity index (χ0n) is 18.1. The van der Waals surface area contributed by atoms with Gasteiger partial charge in [-0.05, 0) is 61.7 Å². The highest BCUT2D eigenvalue weighted by Crippen LogP contribution is 2.60. The number of carbonyl (C=O) groups is 1. The number of amides is 1. The number of aliphatic imine (C=N–C) groups is 2. The van der Waals surface area contributed by atoms with E-state index in [-0.39, 0.29) is 11.4 Å². The van der Waals surface area contributed by atoms with Crippen LogP contribution >= 0.6 is 0 Å². The minimum atomic E-state index is 0.00387. The lowest BCUT2D eigenvalue weighted by molar-refractivity contribution is -0.114. The molecule has 2 aromatic rings. The molecule has 8 nitrogen and oxygen atoms in total. The van der Waals surface area contributed by atoms with Crippen molar-refractivity contribution in [1.82, 2.24) is 14.9 Å². The molecule has 0 aromatic carbocycles. The molecule has 3 saturated carbocycles. The summed E-state index contributed by atoms with van der Waals surface area (Å²) in [6.07, 6.45) is 10.2. The van der Waals surface area contributed by atoms with E-state index in [0.29, 0.717) is 23.0 Å². The summed E-state index contributed by atoms with van der Waals surface area (Å²) in [5.74, 6) is 2.54. The van der Waals surface area contributed by atoms with Gasteiger partial charge in [0.05, 0.1) is 5.56 Å². The molecule has 2 aromatic heterocycles. The SMILES string of the molecule is C=N/C(=C\C=N/C)Nc1cc(-c2cnc(NC)c(C(=O)N(C)C34CC(C3)C4)c2)ccn1. The molecule has 0 unspecified atom stereocenters. The van der Waals surface area contributed by atoms with Gasteiger partial charge in [-0.1, -0.05) is 0 Å². The number of nitrogens with one attached hydrogen (secondary N) is 2. The predicted molar refractivity (Wildman–Crippen MR) is 125 cm³/mol. The lowest BCUT2D eigenvalue weighted by atomic mass is 9.49. The topological polar surface area (TPSA) is 94.9 Å². The maximum absolute atomic E-state index is 13.3. The van der Waals surface area contributed by atoms with Crippen LogP contribution in [0, 0.1) is 5.92 Å². The molecule has 2 N–H and O–H groups in total. The molecule has 5 rings (SSSR count). The van der Waals surface area contributed by atoms with Crippen molar-refractivity contribution < 1.29 is 4.79 Å². The van der Waals surface area contributed by atoms with Gasteiger partial charge in [0.15, 0.2) is 0 Å². The van der Waals surface area contributed by atoms with Crippen LogP contribution in [0.1, 0.15) is 29.6 Å². The van der Waals surface area contributed by atoms with Crippen LogP contribution in [0.2, 0.25) is 0 Å². The summed E-state index contributed by atoms with van der Waals surface area (Å²) in [5, 5.41) is 6.17. The van der Waals surface area contributed by atoms with Gasteiger partial charge in [-0.2, -0.15) is 0 Å². The smallest absolute Gasteiger partial charge is 0.257 e. The molecule has 0 atom stereocenters. The second-order valence-corrected chi connectivity index (χ2v) is 8.11. The van der Waals surface area contributed by atoms with E-state index in [4.69, 9.17) is 0 Å². The Balaban J connectivity index is 1.62. The molecule has 8 heteroatoms. The van der Waals surface area contributed by atoms with Crippen LogP contribution in [0.25, 0.3) is 11.1 Å². The van der Waals surface area contributed by atoms with Crippen LogP contribution in [0.15, 0.2) is 52.5 Å². The number of carbonyl (C=O) groups excluding carboxylic acids is 1. The van der Waals surface area contributed by atoms with Crippen LogP contribution in [0.3, 0.4) is 0 Å². The first-order valence-electron chi connectivity index (χ1n) is 10.3. The average molecular weight is 418 g/mol. The van der Waals surface area contributed by atoms with Crippen molar-refractivity contribution in [3.05, 3.63) is 48.1 Å². The Bertz CT molecular complexity index is 1060. The zero-order valence-corrected chi connectivity index (χ0v) is 18.1. The second-order valence-electron chi connectivity index (χ2n) is 8.11. The fourth-order valence-electron chi connectivity index (χ4n) is 4.31. The van der Waals surface area contributed by atoms with Crippen LogP contribution in [0.4, 0.5) is 11.6 Å². The third kappa shape index (κ3) is 3.81. The summed E-state index contributed by atoms with van der Waals surface area (Å²) in [6.45, 7) is 3.56. The highest BCUT2D eigenvalue weighted by atomic mass is 16.2. The number of nitrogens with zero attached hydrogens (tertiary/aromatic N) is 5. The third-order valence-corrected chi connectivity index (χ3v) is 6.28. The van der Waals surface area contributed by atoms with Crippen molar-refractivity contribution >= 4 is 30.5 Å². The van der Waals surface area contributed by atoms with Crippen LogP contribution in [0.5, 0.6) is 0 Å². The maximum Gasteiger partial charge on any atom is 0.257 e. The van der Waals surface area contributed by atoms with Gasteiger partial charge in [-0.25, -0.2) is 15.0 Å². The zero-order chi connectivity index (χ0) is 22.0. The molecule has 3 aliphatic carbocycles. The van der Waals surface area contributed by atoms with Gasteiger partial charge in [0.1, 0.15) is 17.5 Å². The van der Waals surface area contributed by atoms with Gasteiger partial charge in [-0.15, -0.1) is 0 Å². The summed E-state index contributed by atoms with van der Waals surface area (Å²) in [7, 11) is 5.38. The van der Waals surface area contributed by atoms with Crippen molar-refractivity contribution in [2.45, 2.75) is 24.8 Å². The first kappa shape index (κ1) is 20.7. The van der Waals surface area contributed by atoms with Gasteiger partial charge < -0.3 is 15.5 Å². The average Bonchev–Trinajstić information content (AvgIpc) is 2.73. The first-order valence-corrected chi connectivity index (χ1v) is 10.3. The van der Waals surface area contributed by atoms with Crippen LogP contribution in [-0.2, 0) is 0 Å². The molecule has 1 amide bonds. The Morgan fingerprint density at radius 1 is 1.29 bits per heavy atom. The Kier molecular flexibility index (Phi) is 5.54. The summed E-state index contributed by atoms with van der Waals surface area (Å²) in [6, 6.07) is 5.67. The van der Waals surface area contributed by atoms with Crippen molar-refractivity contribution in [3.63, 3.8) is 0 Å². The Hall–Kier alpha value is -3.55. The van der Waals surface area contributed by atoms with E-state index in [1.165, 1.54) is 0 Å². The maximum atomic E-state index is 13.3. The van der Waals surface area contributed by atoms with E-state index in [9.17, 15) is 4.79 Å². The summed E-state index contributed by atoms with van der Waals surface area (Å²) >= 11 is 0. The lowest BCUT2D eigenvalue weighted by Gasteiger charge is -2.65. The van der Waals surface area contributed by atoms with Gasteiger partial charge in [0.25, 0.3) is 5.91 Å². The Labute approximate surface area is 182 Å². The molecule has 2 bridgehead atoms. The fourth-order valence-corrected chi connectivity index (χ4v) is 4.31. The lowest BCUT2D eigenvalue weighted by Crippen LogP contribution is -2.68. The number of allylic oxidation sites excluding steroid dienone is 1. The number of hydrogen-bond donors (Lipinski definition) is 2. The number of hydrogen-bond acceptors (Lipinski definition) is 7. The quantitative estimate of drug-likeness (QED) is 0.642. The first-order chi connectivity index (χ1) is 15.0. The van der Waals surface area contributed by atoms with E-state index in [1.807, 2.05) is 30.1 Å². The van der Waals surface area contributed by atoms with Crippen LogP contribution < -0.4 is 10.6 Å². The summed E-state index contributed by atoms with van der Waals surface area (Å²) in [5.41, 5.74) is 2.36. The van der Waals surface area contributed by atoms with Gasteiger partial charge in [0.2, 0.25) is 0 Å². The van der Waals surface area contributed by atoms with Crippen molar-refractivity contribution in [2.24, 2.45) is 15.9 Å². The van der Waals surface area contributed by atoms with Gasteiger partial charge >= 0.3 is 0 Å². The normalized spacial score (nSPS) is 21.8. The molecule has 3 aliphatic rings. The molecule has 31 heavy (non-hydrogen) atoms. The van der Waals surface area contributed by atoms with Gasteiger partial charge in [-0.3, -0.25) is 9.79 Å². The Morgan fingerprint density at radius 2 is 2.06 bits per heavy atom. The Morgan fingerprint density at radius 3 is 2.68 bits per heavy atom. The number of anilines is 2. The van der Waals surface area contributed by atoms with E-state index >= 15 is 0 Å². The number of aromatic nitrogens is 2. The second kappa shape index (κ2) is 8.29. The van der Waals surface area contributed by atoms with E-state index < -0.39 is 0 Å². The molecule has 160 valence electrons. The molecular formula is C23H27N7O. The van der Waals surface area contributed by atoms with Crippen molar-refractivity contribution in [1.29, 1.82) is 0 Å². The summed E-state index contributed by atoms with van der Waals surface area (Å²) < 4.78 is 0. The molecule has 0 aliphatic heterocycles. The minimum Gasteiger partial charge on any atom is -0.372 e. The largest absolute Gasteiger partial charge is 0.372 e. The monoisotopic (exact) mass is 417 g/mol. The summed E-state index contributed by atoms with van der Waals surface area (Å²) in [4.78, 5) is 31.9. The van der Waals surface area contributed by atoms with Crippen molar-refractivity contribution in [2.75, 3.05) is 31.8 Å². The predicted octanol–water partition coefficient (Wildman–Crippen LogP) is 3.46. The minimum absolute atomic E-state index is 0.00387. The standard InChI is InChI=1S/C23H27N7O/c1-24-7-6-19(25-2)29-20-10-16(5-8-27-20)17-9-18(21(26-3)28-14-17)22(31)30(4)23-11-15(12-23)13-23/h5-10,14-15H,2,11-13H2,1,3-4H3,(H,26,28)(H,27,29)/b19-6+,24-7-. The molecule has 0 radical (unpaired) electrons. The number of pyridine rings is 2. The van der Waals surface area contributed by atoms with E-state index in [2.05, 4.69) is 37.3 Å². The highest BCUT2D eigenvalue weighted by Gasteiger charge is 2.60. The van der Waals surface area contributed by atoms with Crippen LogP contribution in [-0.4, -0.2) is 60.4 Å². The molecular weight excluding hydrogens is 390 g/mol. The molecule has 2 heterocycles. The number of rotatable bonds is 8. The van der Waals surface area contributed by atoms with E-state index in [0.717, 1.165) is 36.3 Å².